The quantitative estimate of drug-likeness (QED) is 0.803. The Morgan fingerprint density at radius 2 is 1.87 bits per heavy atom. The maximum absolute atomic E-state index is 12.0. The molecule has 0 atom stereocenters. The summed E-state index contributed by atoms with van der Waals surface area (Å²) in [7, 11) is -3.31. The van der Waals surface area contributed by atoms with Crippen LogP contribution in [-0.4, -0.2) is 20.6 Å². The molecule has 0 heterocycles. The Morgan fingerprint density at radius 3 is 2.52 bits per heavy atom. The molecule has 0 aliphatic rings. The van der Waals surface area contributed by atoms with E-state index in [-0.39, 0.29) is 10.8 Å². The van der Waals surface area contributed by atoms with Crippen molar-refractivity contribution < 1.29 is 13.2 Å². The molecule has 120 valence electrons. The van der Waals surface area contributed by atoms with E-state index in [9.17, 15) is 13.2 Å². The first kappa shape index (κ1) is 17.4. The number of hydrogen-bond donors (Lipinski definition) is 1. The molecule has 4 nitrogen and oxygen atoms in total. The molecule has 0 aromatic heterocycles. The third-order valence-electron chi connectivity index (χ3n) is 3.21. The third-order valence-corrected chi connectivity index (χ3v) is 5.05. The van der Waals surface area contributed by atoms with Crippen LogP contribution in [0.25, 0.3) is 6.08 Å². The minimum atomic E-state index is -3.31. The van der Waals surface area contributed by atoms with Crippen LogP contribution in [0.1, 0.15) is 11.1 Å². The molecule has 0 saturated heterocycles. The van der Waals surface area contributed by atoms with Gasteiger partial charge in [0.15, 0.2) is 9.84 Å². The van der Waals surface area contributed by atoms with Crippen molar-refractivity contribution in [3.05, 3.63) is 64.1 Å². The minimum absolute atomic E-state index is 0.174. The molecule has 0 bridgehead atoms. The lowest BCUT2D eigenvalue weighted by atomic mass is 10.2. The number of amides is 1. The second-order valence-electron chi connectivity index (χ2n) is 5.09. The van der Waals surface area contributed by atoms with Gasteiger partial charge in [-0.05, 0) is 42.3 Å². The number of aryl methyl sites for hydroxylation is 1. The summed E-state index contributed by atoms with van der Waals surface area (Å²) in [6.07, 6.45) is 4.23. The molecule has 0 fully saturated rings. The number of nitrogens with one attached hydrogen (secondary N) is 1. The maximum atomic E-state index is 12.0. The summed E-state index contributed by atoms with van der Waals surface area (Å²) in [5.74, 6) is -0.325. The first-order valence-electron chi connectivity index (χ1n) is 6.81. The Balaban J connectivity index is 2.19. The Labute approximate surface area is 144 Å². The lowest BCUT2D eigenvalue weighted by molar-refractivity contribution is -0.111. The Hall–Kier alpha value is -1.92. The van der Waals surface area contributed by atoms with Crippen LogP contribution < -0.4 is 5.32 Å². The summed E-state index contributed by atoms with van der Waals surface area (Å²) < 4.78 is 24.1. The molecular formula is C17H16BrNO3S. The summed E-state index contributed by atoms with van der Waals surface area (Å²) in [6, 6.07) is 12.2. The van der Waals surface area contributed by atoms with E-state index in [2.05, 4.69) is 21.2 Å². The fourth-order valence-electron chi connectivity index (χ4n) is 1.92. The van der Waals surface area contributed by atoms with Gasteiger partial charge in [-0.1, -0.05) is 40.2 Å². The molecule has 0 spiro atoms. The zero-order valence-corrected chi connectivity index (χ0v) is 15.1. The van der Waals surface area contributed by atoms with Gasteiger partial charge in [0.2, 0.25) is 5.91 Å². The van der Waals surface area contributed by atoms with Crippen molar-refractivity contribution in [1.82, 2.24) is 0 Å². The topological polar surface area (TPSA) is 63.2 Å². The van der Waals surface area contributed by atoms with Crippen molar-refractivity contribution in [2.24, 2.45) is 0 Å². The minimum Gasteiger partial charge on any atom is -0.322 e. The summed E-state index contributed by atoms with van der Waals surface area (Å²) in [5, 5.41) is 2.71. The van der Waals surface area contributed by atoms with E-state index in [1.165, 1.54) is 18.2 Å². The summed E-state index contributed by atoms with van der Waals surface area (Å²) in [6.45, 7) is 1.80. The zero-order valence-electron chi connectivity index (χ0n) is 12.7. The van der Waals surface area contributed by atoms with E-state index < -0.39 is 9.84 Å². The molecule has 2 aromatic carbocycles. The fraction of sp³-hybridized carbons (Fsp3) is 0.118. The van der Waals surface area contributed by atoms with E-state index in [0.29, 0.717) is 5.69 Å². The van der Waals surface area contributed by atoms with Crippen LogP contribution in [0.4, 0.5) is 5.69 Å². The van der Waals surface area contributed by atoms with E-state index in [0.717, 1.165) is 21.9 Å². The molecule has 1 amide bonds. The molecule has 6 heteroatoms. The largest absolute Gasteiger partial charge is 0.322 e. The normalized spacial score (nSPS) is 11.6. The molecule has 0 saturated carbocycles. The van der Waals surface area contributed by atoms with Gasteiger partial charge in [0.05, 0.1) is 4.90 Å². The van der Waals surface area contributed by atoms with Crippen LogP contribution in [-0.2, 0) is 14.6 Å². The molecular weight excluding hydrogens is 378 g/mol. The van der Waals surface area contributed by atoms with Crippen LogP contribution >= 0.6 is 15.9 Å². The van der Waals surface area contributed by atoms with Crippen molar-refractivity contribution in [2.75, 3.05) is 11.6 Å². The smallest absolute Gasteiger partial charge is 0.248 e. The molecule has 23 heavy (non-hydrogen) atoms. The van der Waals surface area contributed by atoms with Crippen LogP contribution in [0, 0.1) is 6.92 Å². The number of carbonyl (C=O) groups excluding carboxylic acids is 1. The standard InChI is InChI=1S/C17H16BrNO3S/c1-12-7-9-14(23(2,21)22)11-16(12)19-17(20)10-8-13-5-3-4-6-15(13)18/h3-11H,1-2H3,(H,19,20)/b10-8+. The lowest BCUT2D eigenvalue weighted by Gasteiger charge is -2.08. The average Bonchev–Trinajstić information content (AvgIpc) is 2.47. The van der Waals surface area contributed by atoms with Gasteiger partial charge in [0.25, 0.3) is 0 Å². The zero-order chi connectivity index (χ0) is 17.0. The predicted octanol–water partition coefficient (Wildman–Crippen LogP) is 3.81. The van der Waals surface area contributed by atoms with Crippen molar-refractivity contribution in [3.8, 4) is 0 Å². The van der Waals surface area contributed by atoms with Crippen LogP contribution in [0.15, 0.2) is 57.9 Å². The highest BCUT2D eigenvalue weighted by Crippen LogP contribution is 2.21. The highest BCUT2D eigenvalue weighted by Gasteiger charge is 2.10. The number of halogens is 1. The Morgan fingerprint density at radius 1 is 1.17 bits per heavy atom. The molecule has 0 radical (unpaired) electrons. The third kappa shape index (κ3) is 4.77. The van der Waals surface area contributed by atoms with E-state index in [4.69, 9.17) is 0 Å². The number of benzene rings is 2. The Bertz CT molecular complexity index is 873. The van der Waals surface area contributed by atoms with Gasteiger partial charge in [0.1, 0.15) is 0 Å². The molecule has 0 aliphatic heterocycles. The second-order valence-corrected chi connectivity index (χ2v) is 7.96. The molecule has 2 rings (SSSR count). The van der Waals surface area contributed by atoms with E-state index in [1.54, 1.807) is 19.1 Å². The summed E-state index contributed by atoms with van der Waals surface area (Å²) >= 11 is 3.41. The molecule has 1 N–H and O–H groups in total. The lowest BCUT2D eigenvalue weighted by Crippen LogP contribution is -2.10. The highest BCUT2D eigenvalue weighted by atomic mass is 79.9. The first-order valence-corrected chi connectivity index (χ1v) is 9.50. The van der Waals surface area contributed by atoms with Crippen molar-refractivity contribution >= 4 is 43.4 Å². The van der Waals surface area contributed by atoms with E-state index >= 15 is 0 Å². The molecule has 0 aliphatic carbocycles. The average molecular weight is 394 g/mol. The van der Waals surface area contributed by atoms with E-state index in [1.807, 2.05) is 24.3 Å². The number of anilines is 1. The van der Waals surface area contributed by atoms with Gasteiger partial charge in [-0.25, -0.2) is 8.42 Å². The van der Waals surface area contributed by atoms with Crippen molar-refractivity contribution in [3.63, 3.8) is 0 Å². The van der Waals surface area contributed by atoms with Gasteiger partial charge in [-0.2, -0.15) is 0 Å². The molecule has 0 unspecified atom stereocenters. The Kier molecular flexibility index (Phi) is 5.38. The number of carbonyl (C=O) groups is 1. The van der Waals surface area contributed by atoms with Gasteiger partial charge in [-0.3, -0.25) is 4.79 Å². The van der Waals surface area contributed by atoms with Gasteiger partial charge >= 0.3 is 0 Å². The number of sulfone groups is 1. The second kappa shape index (κ2) is 7.10. The van der Waals surface area contributed by atoms with Crippen LogP contribution in [0.5, 0.6) is 0 Å². The van der Waals surface area contributed by atoms with Crippen LogP contribution in [0.3, 0.4) is 0 Å². The van der Waals surface area contributed by atoms with Gasteiger partial charge in [0, 0.05) is 22.5 Å². The summed E-state index contributed by atoms with van der Waals surface area (Å²) in [4.78, 5) is 12.2. The molecule has 2 aromatic rings. The van der Waals surface area contributed by atoms with Crippen molar-refractivity contribution in [1.29, 1.82) is 0 Å². The summed E-state index contributed by atoms with van der Waals surface area (Å²) in [5.41, 5.74) is 2.15. The van der Waals surface area contributed by atoms with Gasteiger partial charge in [-0.15, -0.1) is 0 Å². The monoisotopic (exact) mass is 393 g/mol. The van der Waals surface area contributed by atoms with Crippen LogP contribution in [0.2, 0.25) is 0 Å². The van der Waals surface area contributed by atoms with Crippen molar-refractivity contribution in [2.45, 2.75) is 11.8 Å². The maximum Gasteiger partial charge on any atom is 0.248 e. The highest BCUT2D eigenvalue weighted by molar-refractivity contribution is 9.10. The SMILES string of the molecule is Cc1ccc(S(C)(=O)=O)cc1NC(=O)/C=C/c1ccccc1Br. The fourth-order valence-corrected chi connectivity index (χ4v) is 2.98. The predicted molar refractivity (Wildman–Crippen MR) is 96.1 cm³/mol. The number of hydrogen-bond acceptors (Lipinski definition) is 3. The van der Waals surface area contributed by atoms with Gasteiger partial charge < -0.3 is 5.32 Å². The number of rotatable bonds is 4. The first-order chi connectivity index (χ1) is 10.8.